The fourth-order valence-corrected chi connectivity index (χ4v) is 3.74. The number of halogens is 1. The summed E-state index contributed by atoms with van der Waals surface area (Å²) >= 11 is 8.76. The van der Waals surface area contributed by atoms with Gasteiger partial charge in [-0.1, -0.05) is 41.9 Å². The van der Waals surface area contributed by atoms with Crippen LogP contribution in [0.2, 0.25) is 0 Å². The van der Waals surface area contributed by atoms with Crippen LogP contribution in [0, 0.1) is 5.92 Å². The number of rotatable bonds is 9. The van der Waals surface area contributed by atoms with Gasteiger partial charge in [0.2, 0.25) is 0 Å². The third kappa shape index (κ3) is 7.79. The highest BCUT2D eigenvalue weighted by atomic mass is 79.9. The van der Waals surface area contributed by atoms with Crippen molar-refractivity contribution in [2.75, 3.05) is 23.8 Å². The minimum absolute atomic E-state index is 0.0519. The molecule has 9 heteroatoms. The van der Waals surface area contributed by atoms with E-state index in [0.717, 1.165) is 10.2 Å². The summed E-state index contributed by atoms with van der Waals surface area (Å²) in [6.45, 7) is 7.00. The number of amides is 2. The number of hydrogen-bond acceptors (Lipinski definition) is 5. The Bertz CT molecular complexity index is 1230. The number of hydrogen-bond donors (Lipinski definition) is 3. The van der Waals surface area contributed by atoms with Crippen LogP contribution in [0.1, 0.15) is 41.5 Å². The smallest absolute Gasteiger partial charge is 0.261 e. The Kier molecular flexibility index (Phi) is 9.84. The van der Waals surface area contributed by atoms with Crippen LogP contribution in [0.25, 0.3) is 0 Å². The molecule has 0 heterocycles. The minimum Gasteiger partial charge on any atom is -0.494 e. The molecule has 0 unspecified atom stereocenters. The molecule has 188 valence electrons. The molecule has 0 atom stereocenters. The van der Waals surface area contributed by atoms with Crippen molar-refractivity contribution in [3.05, 3.63) is 82.3 Å². The van der Waals surface area contributed by atoms with Gasteiger partial charge in [0.15, 0.2) is 5.11 Å². The highest BCUT2D eigenvalue weighted by molar-refractivity contribution is 9.10. The summed E-state index contributed by atoms with van der Waals surface area (Å²) in [6, 6.07) is 19.2. The van der Waals surface area contributed by atoms with E-state index in [2.05, 4.69) is 31.9 Å². The summed E-state index contributed by atoms with van der Waals surface area (Å²) < 4.78 is 12.0. The largest absolute Gasteiger partial charge is 0.494 e. The molecule has 0 spiro atoms. The second kappa shape index (κ2) is 13.0. The molecule has 3 aromatic rings. The van der Waals surface area contributed by atoms with Crippen LogP contribution in [-0.4, -0.2) is 30.1 Å². The topological polar surface area (TPSA) is 88.7 Å². The van der Waals surface area contributed by atoms with Crippen molar-refractivity contribution in [2.45, 2.75) is 20.8 Å². The number of thiocarbonyl (C=S) groups is 1. The van der Waals surface area contributed by atoms with Crippen molar-refractivity contribution in [3.8, 4) is 11.5 Å². The van der Waals surface area contributed by atoms with Crippen molar-refractivity contribution < 1.29 is 19.1 Å². The number of benzene rings is 3. The normalized spacial score (nSPS) is 10.5. The molecule has 0 fully saturated rings. The van der Waals surface area contributed by atoms with Crippen molar-refractivity contribution >= 4 is 56.4 Å². The summed E-state index contributed by atoms with van der Waals surface area (Å²) in [5.74, 6) is 0.735. The van der Waals surface area contributed by atoms with Crippen molar-refractivity contribution in [3.63, 3.8) is 0 Å². The van der Waals surface area contributed by atoms with Crippen molar-refractivity contribution in [2.24, 2.45) is 5.92 Å². The lowest BCUT2D eigenvalue weighted by Gasteiger charge is -2.16. The van der Waals surface area contributed by atoms with E-state index in [0.29, 0.717) is 47.4 Å². The van der Waals surface area contributed by atoms with E-state index in [9.17, 15) is 9.59 Å². The first-order valence-electron chi connectivity index (χ1n) is 11.4. The Hall–Kier alpha value is -3.43. The Morgan fingerprint density at radius 2 is 1.64 bits per heavy atom. The predicted molar refractivity (Wildman–Crippen MR) is 150 cm³/mol. The SMILES string of the molecule is CCOc1ccc(NC(=O)c2ccccc2NC(=S)NC(=O)c2cc(Br)ccc2OCC(C)C)cc1. The summed E-state index contributed by atoms with van der Waals surface area (Å²) in [5, 5.41) is 8.53. The van der Waals surface area contributed by atoms with Crippen LogP contribution < -0.4 is 25.4 Å². The number of para-hydroxylation sites is 1. The maximum Gasteiger partial charge on any atom is 0.261 e. The molecule has 2 amide bonds. The van der Waals surface area contributed by atoms with Gasteiger partial charge in [-0.15, -0.1) is 0 Å². The molecule has 0 aliphatic carbocycles. The lowest BCUT2D eigenvalue weighted by Crippen LogP contribution is -2.35. The summed E-state index contributed by atoms with van der Waals surface area (Å²) in [7, 11) is 0. The molecule has 0 saturated heterocycles. The monoisotopic (exact) mass is 569 g/mol. The second-order valence-electron chi connectivity index (χ2n) is 8.21. The van der Waals surface area contributed by atoms with Gasteiger partial charge in [-0.05, 0) is 79.7 Å². The third-order valence-electron chi connectivity index (χ3n) is 4.83. The Balaban J connectivity index is 1.69. The van der Waals surface area contributed by atoms with Gasteiger partial charge in [0.05, 0.1) is 30.0 Å². The van der Waals surface area contributed by atoms with Gasteiger partial charge in [-0.25, -0.2) is 0 Å². The first kappa shape index (κ1) is 27.2. The summed E-state index contributed by atoms with van der Waals surface area (Å²) in [4.78, 5) is 25.9. The van der Waals surface area contributed by atoms with Crippen LogP contribution in [0.5, 0.6) is 11.5 Å². The number of carbonyl (C=O) groups is 2. The van der Waals surface area contributed by atoms with Crippen LogP contribution in [0.4, 0.5) is 11.4 Å². The van der Waals surface area contributed by atoms with Crippen molar-refractivity contribution in [1.82, 2.24) is 5.32 Å². The number of anilines is 2. The van der Waals surface area contributed by atoms with Gasteiger partial charge in [0.25, 0.3) is 11.8 Å². The van der Waals surface area contributed by atoms with Crippen LogP contribution >= 0.6 is 28.1 Å². The van der Waals surface area contributed by atoms with Crippen molar-refractivity contribution in [1.29, 1.82) is 0 Å². The third-order valence-corrected chi connectivity index (χ3v) is 5.53. The van der Waals surface area contributed by atoms with Gasteiger partial charge < -0.3 is 20.1 Å². The highest BCUT2D eigenvalue weighted by Crippen LogP contribution is 2.24. The summed E-state index contributed by atoms with van der Waals surface area (Å²) in [6.07, 6.45) is 0. The standard InChI is InChI=1S/C27H28BrN3O4S/c1-4-34-20-12-10-19(11-13-20)29-25(32)21-7-5-6-8-23(21)30-27(36)31-26(33)22-15-18(28)9-14-24(22)35-16-17(2)3/h5-15,17H,4,16H2,1-3H3,(H,29,32)(H2,30,31,33,36). The first-order chi connectivity index (χ1) is 17.3. The molecule has 0 aromatic heterocycles. The molecule has 36 heavy (non-hydrogen) atoms. The molecule has 3 N–H and O–H groups in total. The van der Waals surface area contributed by atoms with E-state index < -0.39 is 5.91 Å². The zero-order valence-corrected chi connectivity index (χ0v) is 22.7. The molecule has 0 bridgehead atoms. The van der Waals surface area contributed by atoms with Gasteiger partial charge in [0.1, 0.15) is 11.5 Å². The molecule has 0 aliphatic heterocycles. The Morgan fingerprint density at radius 1 is 0.917 bits per heavy atom. The number of carbonyl (C=O) groups excluding carboxylic acids is 2. The van der Waals surface area contributed by atoms with Gasteiger partial charge in [0, 0.05) is 10.2 Å². The summed E-state index contributed by atoms with van der Waals surface area (Å²) in [5.41, 5.74) is 1.79. The maximum atomic E-state index is 13.0. The number of nitrogens with one attached hydrogen (secondary N) is 3. The average molecular weight is 571 g/mol. The average Bonchev–Trinajstić information content (AvgIpc) is 2.84. The van der Waals surface area contributed by atoms with E-state index in [1.54, 1.807) is 60.7 Å². The molecule has 7 nitrogen and oxygen atoms in total. The van der Waals surface area contributed by atoms with E-state index in [1.807, 2.05) is 26.8 Å². The van der Waals surface area contributed by atoms with Crippen LogP contribution in [0.15, 0.2) is 71.2 Å². The van der Waals surface area contributed by atoms with Gasteiger partial charge in [-0.3, -0.25) is 14.9 Å². The zero-order valence-electron chi connectivity index (χ0n) is 20.3. The van der Waals surface area contributed by atoms with E-state index >= 15 is 0 Å². The fraction of sp³-hybridized carbons (Fsp3) is 0.222. The molecule has 0 radical (unpaired) electrons. The Morgan fingerprint density at radius 3 is 2.33 bits per heavy atom. The molecule has 0 aliphatic rings. The highest BCUT2D eigenvalue weighted by Gasteiger charge is 2.17. The maximum absolute atomic E-state index is 13.0. The Labute approximate surface area is 224 Å². The molecule has 3 rings (SSSR count). The fourth-order valence-electron chi connectivity index (χ4n) is 3.18. The lowest BCUT2D eigenvalue weighted by molar-refractivity contribution is 0.0971. The molecular weight excluding hydrogens is 542 g/mol. The van der Waals surface area contributed by atoms with Crippen LogP contribution in [-0.2, 0) is 0 Å². The van der Waals surface area contributed by atoms with E-state index in [4.69, 9.17) is 21.7 Å². The quantitative estimate of drug-likeness (QED) is 0.263. The first-order valence-corrected chi connectivity index (χ1v) is 12.6. The molecular formula is C27H28BrN3O4S. The lowest BCUT2D eigenvalue weighted by atomic mass is 10.1. The second-order valence-corrected chi connectivity index (χ2v) is 9.53. The zero-order chi connectivity index (χ0) is 26.1. The van der Waals surface area contributed by atoms with Gasteiger partial charge in [-0.2, -0.15) is 0 Å². The van der Waals surface area contributed by atoms with E-state index in [1.165, 1.54) is 0 Å². The molecule has 0 saturated carbocycles. The minimum atomic E-state index is -0.427. The number of ether oxygens (including phenoxy) is 2. The molecule has 3 aromatic carbocycles. The predicted octanol–water partition coefficient (Wildman–Crippen LogP) is 6.26. The van der Waals surface area contributed by atoms with E-state index in [-0.39, 0.29) is 11.0 Å². The van der Waals surface area contributed by atoms with Gasteiger partial charge >= 0.3 is 0 Å². The van der Waals surface area contributed by atoms with Crippen LogP contribution in [0.3, 0.4) is 0 Å².